The van der Waals surface area contributed by atoms with Crippen LogP contribution in [0.15, 0.2) is 122 Å². The number of carbonyl (C=O) groups is 2. The zero-order valence-electron chi connectivity index (χ0n) is 40.0. The van der Waals surface area contributed by atoms with Gasteiger partial charge in [-0.2, -0.15) is 0 Å². The molecule has 0 bridgehead atoms. The summed E-state index contributed by atoms with van der Waals surface area (Å²) in [6.07, 6.45) is 33.7. The lowest BCUT2D eigenvalue weighted by Crippen LogP contribution is -2.61. The zero-order valence-corrected chi connectivity index (χ0v) is 40.0. The Morgan fingerprint density at radius 1 is 0.471 bits per heavy atom. The van der Waals surface area contributed by atoms with Crippen molar-refractivity contribution in [3.8, 4) is 0 Å². The first-order valence-corrected chi connectivity index (χ1v) is 24.3. The number of esters is 2. The number of aliphatic hydroxyl groups excluding tert-OH is 7. The maximum absolute atomic E-state index is 13.0. The van der Waals surface area contributed by atoms with E-state index in [1.165, 1.54) is 0 Å². The van der Waals surface area contributed by atoms with Crippen molar-refractivity contribution in [1.82, 2.24) is 0 Å². The fraction of sp³-hybridized carbons (Fsp3) is 0.585. The van der Waals surface area contributed by atoms with E-state index >= 15 is 0 Å². The molecular weight excluding hydrogens is 877 g/mol. The van der Waals surface area contributed by atoms with E-state index in [1.807, 2.05) is 97.2 Å². The van der Waals surface area contributed by atoms with E-state index in [2.05, 4.69) is 38.2 Å². The second-order valence-electron chi connectivity index (χ2n) is 16.4. The molecule has 2 aliphatic heterocycles. The Hall–Kier alpha value is -4.10. The maximum atomic E-state index is 13.0. The first-order valence-electron chi connectivity index (χ1n) is 24.3. The predicted octanol–water partition coefficient (Wildman–Crippen LogP) is 6.15. The van der Waals surface area contributed by atoms with Crippen molar-refractivity contribution in [3.63, 3.8) is 0 Å². The quantitative estimate of drug-likeness (QED) is 0.0218. The second kappa shape index (κ2) is 38.7. The van der Waals surface area contributed by atoms with Crippen LogP contribution in [0.4, 0.5) is 0 Å². The second-order valence-corrected chi connectivity index (χ2v) is 16.4. The lowest BCUT2D eigenvalue weighted by molar-refractivity contribution is -0.332. The molecule has 0 aromatic carbocycles. The molecule has 0 amide bonds. The van der Waals surface area contributed by atoms with Crippen LogP contribution in [-0.4, -0.2) is 142 Å². The molecule has 0 spiro atoms. The number of carbonyl (C=O) groups excluding carboxylic acids is 2. The standard InChI is InChI=1S/C53H80O15/c1-3-5-7-9-11-13-15-17-18-19-20-21-22-24-25-27-29-31-33-35-44(55)63-38-41(66-45(56)36-34-32-30-28-26-23-16-14-12-10-8-6-4-2)39-64-52-51(62)49(60)47(58)43(68-52)40-65-53-50(61)48(59)46(57)42(37-54)67-53/h5-22,24-25,41-43,46-54,57-62H,3-4,23,26-40H2,1-2H3/b7-5+,8-6+,11-9+,12-10+,15-13+,16-14+,18-17+,20-19+,22-21+,25-24+/t41?,42-,43-,46+,47+,48?,49?,50?,51?,52-,53-/m1/s1. The lowest BCUT2D eigenvalue weighted by Gasteiger charge is -2.42. The predicted molar refractivity (Wildman–Crippen MR) is 261 cm³/mol. The van der Waals surface area contributed by atoms with Gasteiger partial charge in [0, 0.05) is 12.8 Å². The van der Waals surface area contributed by atoms with Gasteiger partial charge in [-0.1, -0.05) is 161 Å². The highest BCUT2D eigenvalue weighted by Gasteiger charge is 2.47. The smallest absolute Gasteiger partial charge is 0.306 e. The third-order valence-corrected chi connectivity index (χ3v) is 10.7. The van der Waals surface area contributed by atoms with Crippen LogP contribution in [0.2, 0.25) is 0 Å². The summed E-state index contributed by atoms with van der Waals surface area (Å²) < 4.78 is 33.4. The average Bonchev–Trinajstić information content (AvgIpc) is 3.33. The molecule has 2 saturated heterocycles. The summed E-state index contributed by atoms with van der Waals surface area (Å²) in [6.45, 7) is 2.19. The van der Waals surface area contributed by atoms with Crippen molar-refractivity contribution in [1.29, 1.82) is 0 Å². The highest BCUT2D eigenvalue weighted by atomic mass is 16.7. The first-order chi connectivity index (χ1) is 33.0. The molecule has 2 rings (SSSR count). The number of unbranched alkanes of at least 4 members (excludes halogenated alkanes) is 8. The van der Waals surface area contributed by atoms with Gasteiger partial charge in [0.2, 0.25) is 0 Å². The van der Waals surface area contributed by atoms with Gasteiger partial charge in [0.1, 0.15) is 55.4 Å². The fourth-order valence-corrected chi connectivity index (χ4v) is 6.73. The molecule has 15 heteroatoms. The number of rotatable bonds is 34. The van der Waals surface area contributed by atoms with E-state index in [0.717, 1.165) is 64.2 Å². The van der Waals surface area contributed by atoms with Crippen molar-refractivity contribution in [2.24, 2.45) is 0 Å². The average molecular weight is 957 g/mol. The monoisotopic (exact) mass is 957 g/mol. The van der Waals surface area contributed by atoms with Crippen LogP contribution >= 0.6 is 0 Å². The van der Waals surface area contributed by atoms with Crippen LogP contribution in [0.1, 0.15) is 104 Å². The van der Waals surface area contributed by atoms with E-state index in [0.29, 0.717) is 12.8 Å². The summed E-state index contributed by atoms with van der Waals surface area (Å²) in [5, 5.41) is 72.0. The molecule has 2 fully saturated rings. The SMILES string of the molecule is CC/C=C/C=C/C=C/C=C/C=C/C=C/C=C/CCCCCC(=O)OCC(CO[C@@H]1O[C@H](CO[C@@H]2O[C@H](CO)[C@H](O)C(O)C2O)[C@H](O)C(O)C1O)OC(=O)CCCCCCC/C=C/C=C/C=C/CC. The fourth-order valence-electron chi connectivity index (χ4n) is 6.73. The largest absolute Gasteiger partial charge is 0.462 e. The number of aliphatic hydroxyl groups is 7. The van der Waals surface area contributed by atoms with E-state index in [9.17, 15) is 45.3 Å². The van der Waals surface area contributed by atoms with Gasteiger partial charge in [-0.3, -0.25) is 9.59 Å². The molecule has 0 saturated carbocycles. The molecule has 11 atom stereocenters. The number of hydrogen-bond donors (Lipinski definition) is 7. The molecule has 382 valence electrons. The Bertz CT molecular complexity index is 1640. The van der Waals surface area contributed by atoms with Gasteiger partial charge >= 0.3 is 11.9 Å². The molecule has 2 aliphatic rings. The Morgan fingerprint density at radius 3 is 1.40 bits per heavy atom. The summed E-state index contributed by atoms with van der Waals surface area (Å²) in [5.41, 5.74) is 0. The van der Waals surface area contributed by atoms with Crippen molar-refractivity contribution in [2.75, 3.05) is 26.4 Å². The number of hydrogen-bond acceptors (Lipinski definition) is 15. The van der Waals surface area contributed by atoms with E-state index in [4.69, 9.17) is 28.4 Å². The highest BCUT2D eigenvalue weighted by Crippen LogP contribution is 2.26. The summed E-state index contributed by atoms with van der Waals surface area (Å²) in [7, 11) is 0. The minimum Gasteiger partial charge on any atom is -0.462 e. The first kappa shape index (κ1) is 60.0. The van der Waals surface area contributed by atoms with Gasteiger partial charge in [-0.05, 0) is 51.4 Å². The van der Waals surface area contributed by atoms with E-state index in [1.54, 1.807) is 0 Å². The van der Waals surface area contributed by atoms with Crippen molar-refractivity contribution in [3.05, 3.63) is 122 Å². The summed E-state index contributed by atoms with van der Waals surface area (Å²) >= 11 is 0. The van der Waals surface area contributed by atoms with Crippen LogP contribution in [0.3, 0.4) is 0 Å². The van der Waals surface area contributed by atoms with Gasteiger partial charge in [-0.25, -0.2) is 0 Å². The van der Waals surface area contributed by atoms with E-state index < -0.39 is 99.3 Å². The highest BCUT2D eigenvalue weighted by molar-refractivity contribution is 5.70. The van der Waals surface area contributed by atoms with Gasteiger partial charge in [0.25, 0.3) is 0 Å². The zero-order chi connectivity index (χ0) is 49.6. The Labute approximate surface area is 403 Å². The Balaban J connectivity index is 1.86. The molecule has 0 aliphatic carbocycles. The minimum atomic E-state index is -1.78. The van der Waals surface area contributed by atoms with Crippen LogP contribution < -0.4 is 0 Å². The molecule has 5 unspecified atom stereocenters. The van der Waals surface area contributed by atoms with Crippen molar-refractivity contribution in [2.45, 2.75) is 171 Å². The molecule has 0 aromatic rings. The Kier molecular flexibility index (Phi) is 34.2. The normalized spacial score (nSPS) is 26.8. The van der Waals surface area contributed by atoms with Gasteiger partial charge in [0.05, 0.1) is 19.8 Å². The van der Waals surface area contributed by atoms with Crippen LogP contribution in [0.25, 0.3) is 0 Å². The molecule has 2 heterocycles. The third kappa shape index (κ3) is 26.6. The van der Waals surface area contributed by atoms with Crippen molar-refractivity contribution >= 4 is 11.9 Å². The van der Waals surface area contributed by atoms with E-state index in [-0.39, 0.29) is 19.4 Å². The van der Waals surface area contributed by atoms with Gasteiger partial charge in [-0.15, -0.1) is 0 Å². The molecule has 0 aromatic heterocycles. The maximum Gasteiger partial charge on any atom is 0.306 e. The molecule has 7 N–H and O–H groups in total. The van der Waals surface area contributed by atoms with Gasteiger partial charge < -0.3 is 64.2 Å². The third-order valence-electron chi connectivity index (χ3n) is 10.7. The summed E-state index contributed by atoms with van der Waals surface area (Å²) in [5.74, 6) is -1.02. The minimum absolute atomic E-state index is 0.122. The molecule has 68 heavy (non-hydrogen) atoms. The molecular formula is C53H80O15. The lowest BCUT2D eigenvalue weighted by atomic mass is 9.98. The number of ether oxygens (including phenoxy) is 6. The van der Waals surface area contributed by atoms with Crippen molar-refractivity contribution < 1.29 is 73.8 Å². The van der Waals surface area contributed by atoms with Crippen LogP contribution in [0.5, 0.6) is 0 Å². The van der Waals surface area contributed by atoms with Crippen LogP contribution in [-0.2, 0) is 38.0 Å². The van der Waals surface area contributed by atoms with Gasteiger partial charge in [0.15, 0.2) is 18.7 Å². The Morgan fingerprint density at radius 2 is 0.882 bits per heavy atom. The summed E-state index contributed by atoms with van der Waals surface area (Å²) in [6, 6.07) is 0. The molecule has 0 radical (unpaired) electrons. The molecule has 15 nitrogen and oxygen atoms in total. The van der Waals surface area contributed by atoms with Crippen LogP contribution in [0, 0.1) is 0 Å². The summed E-state index contributed by atoms with van der Waals surface area (Å²) in [4.78, 5) is 25.7. The topological polar surface area (TPSA) is 231 Å². The number of allylic oxidation sites excluding steroid dienone is 20.